The van der Waals surface area contributed by atoms with Gasteiger partial charge in [-0.15, -0.1) is 26.3 Å². The molecule has 5 heterocycles. The molecule has 2 saturated heterocycles. The van der Waals surface area contributed by atoms with Crippen molar-refractivity contribution in [3.05, 3.63) is 115 Å². The van der Waals surface area contributed by atoms with Crippen LogP contribution in [0.3, 0.4) is 0 Å². The number of nitrogens with zero attached hydrogens (tertiary/aromatic N) is 6. The van der Waals surface area contributed by atoms with Gasteiger partial charge in [0.1, 0.15) is 40.9 Å². The van der Waals surface area contributed by atoms with Crippen molar-refractivity contribution in [1.29, 1.82) is 0 Å². The molecule has 310 valence electrons. The number of hydrogen-bond acceptors (Lipinski definition) is 8. The molecule has 18 heteroatoms. The third-order valence-electron chi connectivity index (χ3n) is 9.66. The molecule has 3 aromatic heterocycles. The minimum Gasteiger partial charge on any atom is -0.490 e. The lowest BCUT2D eigenvalue weighted by molar-refractivity contribution is -0.275. The number of halogens is 6. The van der Waals surface area contributed by atoms with E-state index in [4.69, 9.17) is 9.47 Å². The van der Waals surface area contributed by atoms with E-state index in [1.54, 1.807) is 67.7 Å². The van der Waals surface area contributed by atoms with Gasteiger partial charge in [0.25, 0.3) is 11.8 Å². The molecule has 2 amide bonds. The molecule has 59 heavy (non-hydrogen) atoms. The van der Waals surface area contributed by atoms with Crippen molar-refractivity contribution in [3.8, 4) is 23.0 Å². The maximum atomic E-state index is 12.9. The number of benzene rings is 3. The predicted octanol–water partition coefficient (Wildman–Crippen LogP) is 8.07. The van der Waals surface area contributed by atoms with Gasteiger partial charge in [-0.1, -0.05) is 18.2 Å². The van der Waals surface area contributed by atoms with Gasteiger partial charge in [-0.3, -0.25) is 14.3 Å². The predicted molar refractivity (Wildman–Crippen MR) is 201 cm³/mol. The summed E-state index contributed by atoms with van der Waals surface area (Å²) in [6, 6.07) is 19.9. The number of imidazole rings is 1. The zero-order valence-corrected chi connectivity index (χ0v) is 31.5. The standard InChI is InChI=1S/C21H20F3N3O3.C20H18F3N3O3/c1-26-13-15-6-5-14(11-19(15)25-26)20(28)27-9-7-16(8-10-27)29-17-3-2-4-18(12-17)30-21(22,23)24;21-20(22,23)29-16-4-1-3-15(13-16)28-14-6-10-26(11-7-14)19(27)17-5-2-9-25-12-8-24-18(17)25/h2-6,11-13,16H,7-10H2,1H3;1-5,8-9,12-14H,6-7,10-11H2. The number of hydrogen-bond donors (Lipinski definition) is 0. The highest BCUT2D eigenvalue weighted by molar-refractivity contribution is 6.00. The van der Waals surface area contributed by atoms with Crippen LogP contribution in [0, 0.1) is 0 Å². The quantitative estimate of drug-likeness (QED) is 0.142. The summed E-state index contributed by atoms with van der Waals surface area (Å²) in [5, 5.41) is 5.31. The average molecular weight is 825 g/mol. The molecule has 0 bridgehead atoms. The molecule has 2 aliphatic heterocycles. The van der Waals surface area contributed by atoms with Crippen molar-refractivity contribution in [3.63, 3.8) is 0 Å². The highest BCUT2D eigenvalue weighted by Gasteiger charge is 2.33. The minimum atomic E-state index is -4.75. The molecule has 6 aromatic rings. The van der Waals surface area contributed by atoms with Crippen LogP contribution in [0.1, 0.15) is 46.4 Å². The molecule has 2 fully saturated rings. The lowest BCUT2D eigenvalue weighted by atomic mass is 10.1. The number of carbonyl (C=O) groups is 2. The summed E-state index contributed by atoms with van der Waals surface area (Å²) in [4.78, 5) is 33.4. The first-order chi connectivity index (χ1) is 28.2. The molecule has 0 N–H and O–H groups in total. The van der Waals surface area contributed by atoms with Gasteiger partial charge < -0.3 is 33.1 Å². The fourth-order valence-electron chi connectivity index (χ4n) is 6.97. The molecule has 0 saturated carbocycles. The van der Waals surface area contributed by atoms with E-state index in [1.165, 1.54) is 36.4 Å². The Morgan fingerprint density at radius 3 is 1.76 bits per heavy atom. The first-order valence-corrected chi connectivity index (χ1v) is 18.6. The number of aryl methyl sites for hydroxylation is 1. The monoisotopic (exact) mass is 824 g/mol. The molecule has 0 unspecified atom stereocenters. The summed E-state index contributed by atoms with van der Waals surface area (Å²) in [7, 11) is 1.83. The summed E-state index contributed by atoms with van der Waals surface area (Å²) < 4.78 is 97.1. The first-order valence-electron chi connectivity index (χ1n) is 18.6. The van der Waals surface area contributed by atoms with Gasteiger partial charge in [-0.25, -0.2) is 4.98 Å². The van der Waals surface area contributed by atoms with Crippen LogP contribution in [0.2, 0.25) is 0 Å². The Balaban J connectivity index is 0.000000179. The first kappa shape index (κ1) is 40.7. The van der Waals surface area contributed by atoms with Crippen molar-refractivity contribution in [2.24, 2.45) is 7.05 Å². The minimum absolute atomic E-state index is 0.0680. The van der Waals surface area contributed by atoms with Crippen LogP contribution in [-0.4, -0.2) is 91.9 Å². The Bertz CT molecular complexity index is 2400. The Morgan fingerprint density at radius 1 is 0.661 bits per heavy atom. The van der Waals surface area contributed by atoms with Gasteiger partial charge in [0, 0.05) is 107 Å². The largest absolute Gasteiger partial charge is 0.573 e. The van der Waals surface area contributed by atoms with Crippen LogP contribution in [0.5, 0.6) is 23.0 Å². The zero-order valence-electron chi connectivity index (χ0n) is 31.5. The molecule has 0 atom stereocenters. The highest BCUT2D eigenvalue weighted by atomic mass is 19.4. The Kier molecular flexibility index (Phi) is 11.9. The van der Waals surface area contributed by atoms with Gasteiger partial charge in [0.05, 0.1) is 11.1 Å². The van der Waals surface area contributed by atoms with Crippen molar-refractivity contribution >= 4 is 28.4 Å². The fourth-order valence-corrected chi connectivity index (χ4v) is 6.97. The van der Waals surface area contributed by atoms with Gasteiger partial charge in [0.15, 0.2) is 0 Å². The summed E-state index contributed by atoms with van der Waals surface area (Å²) in [6.07, 6.45) is -0.408. The second-order valence-electron chi connectivity index (χ2n) is 13.9. The normalized spacial score (nSPS) is 15.4. The molecular formula is C41H38F6N6O6. The average Bonchev–Trinajstić information content (AvgIpc) is 3.83. The Morgan fingerprint density at radius 2 is 1.20 bits per heavy atom. The number of piperidine rings is 2. The van der Waals surface area contributed by atoms with E-state index < -0.39 is 12.7 Å². The number of pyridine rings is 1. The molecule has 3 aromatic carbocycles. The van der Waals surface area contributed by atoms with Crippen LogP contribution in [0.25, 0.3) is 16.6 Å². The molecule has 12 nitrogen and oxygen atoms in total. The van der Waals surface area contributed by atoms with Gasteiger partial charge in [-0.2, -0.15) is 5.10 Å². The maximum Gasteiger partial charge on any atom is 0.573 e. The lowest BCUT2D eigenvalue weighted by Crippen LogP contribution is -2.42. The Labute approximate surface area is 333 Å². The van der Waals surface area contributed by atoms with Gasteiger partial charge in [-0.05, 0) is 48.5 Å². The molecular weight excluding hydrogens is 786 g/mol. The Hall–Kier alpha value is -6.46. The highest BCUT2D eigenvalue weighted by Crippen LogP contribution is 2.30. The summed E-state index contributed by atoms with van der Waals surface area (Å²) in [6.45, 7) is 1.99. The van der Waals surface area contributed by atoms with E-state index >= 15 is 0 Å². The van der Waals surface area contributed by atoms with Crippen LogP contribution in [0.15, 0.2) is 104 Å². The zero-order chi connectivity index (χ0) is 41.7. The number of likely N-dealkylation sites (tertiary alicyclic amines) is 2. The topological polar surface area (TPSA) is 113 Å². The lowest BCUT2D eigenvalue weighted by Gasteiger charge is -2.32. The summed E-state index contributed by atoms with van der Waals surface area (Å²) in [5.74, 6) is -0.198. The van der Waals surface area contributed by atoms with Gasteiger partial charge in [0.2, 0.25) is 0 Å². The van der Waals surface area contributed by atoms with E-state index in [1.807, 2.05) is 25.5 Å². The smallest absolute Gasteiger partial charge is 0.490 e. The number of fused-ring (bicyclic) bond motifs is 2. The summed E-state index contributed by atoms with van der Waals surface area (Å²) in [5.41, 5.74) is 2.49. The molecule has 0 radical (unpaired) electrons. The second-order valence-corrected chi connectivity index (χ2v) is 13.9. The van der Waals surface area contributed by atoms with E-state index in [0.717, 1.165) is 10.9 Å². The SMILES string of the molecule is Cn1cc2ccc(C(=O)N3CCC(Oc4cccc(OC(F)(F)F)c4)CC3)cc2n1.O=C(c1cccn2ccnc12)N1CCC(Oc2cccc(OC(F)(F)F)c2)CC1. The number of aromatic nitrogens is 4. The maximum absolute atomic E-state index is 12.9. The van der Waals surface area contributed by atoms with E-state index in [0.29, 0.717) is 80.1 Å². The van der Waals surface area contributed by atoms with Crippen molar-refractivity contribution in [2.45, 2.75) is 50.6 Å². The third-order valence-corrected chi connectivity index (χ3v) is 9.66. The van der Waals surface area contributed by atoms with E-state index in [9.17, 15) is 35.9 Å². The number of ether oxygens (including phenoxy) is 4. The van der Waals surface area contributed by atoms with Crippen LogP contribution in [0.4, 0.5) is 26.3 Å². The molecule has 0 spiro atoms. The van der Waals surface area contributed by atoms with E-state index in [-0.39, 0.29) is 35.5 Å². The fraction of sp³-hybridized carbons (Fsp3) is 0.317. The number of carbonyl (C=O) groups excluding carboxylic acids is 2. The molecule has 0 aliphatic carbocycles. The number of amides is 2. The molecule has 2 aliphatic rings. The van der Waals surface area contributed by atoms with Crippen molar-refractivity contribution in [2.75, 3.05) is 26.2 Å². The summed E-state index contributed by atoms with van der Waals surface area (Å²) >= 11 is 0. The number of rotatable bonds is 8. The van der Waals surface area contributed by atoms with Crippen LogP contribution < -0.4 is 18.9 Å². The van der Waals surface area contributed by atoms with Crippen molar-refractivity contribution < 1.29 is 54.9 Å². The third kappa shape index (κ3) is 10.7. The van der Waals surface area contributed by atoms with Crippen LogP contribution in [-0.2, 0) is 7.05 Å². The van der Waals surface area contributed by atoms with Crippen molar-refractivity contribution in [1.82, 2.24) is 29.0 Å². The van der Waals surface area contributed by atoms with E-state index in [2.05, 4.69) is 19.6 Å². The van der Waals surface area contributed by atoms with Crippen LogP contribution >= 0.6 is 0 Å². The molecule has 8 rings (SSSR count). The van der Waals surface area contributed by atoms with Gasteiger partial charge >= 0.3 is 12.7 Å². The number of alkyl halides is 6. The second kappa shape index (κ2) is 17.2.